The maximum Gasteiger partial charge on any atom is 0.271 e. The molecule has 0 saturated carbocycles. The summed E-state index contributed by atoms with van der Waals surface area (Å²) in [4.78, 5) is 46.3. The standard InChI is InChI=1S/C15H9N3O6/c1-8-2-3-10(18(23)24)7-13(8)16-14(19)11-5-4-9(17(21)22)6-12(11)15(16)20/h2-7H,1H3. The van der Waals surface area contributed by atoms with Gasteiger partial charge in [0.15, 0.2) is 0 Å². The molecule has 0 atom stereocenters. The van der Waals surface area contributed by atoms with Crippen LogP contribution in [0.25, 0.3) is 0 Å². The molecule has 0 radical (unpaired) electrons. The Morgan fingerprint density at radius 1 is 0.833 bits per heavy atom. The zero-order valence-corrected chi connectivity index (χ0v) is 12.3. The molecule has 0 N–H and O–H groups in total. The number of nitro benzene ring substituents is 2. The number of amides is 2. The Balaban J connectivity index is 2.13. The van der Waals surface area contributed by atoms with Crippen LogP contribution >= 0.6 is 0 Å². The summed E-state index contributed by atoms with van der Waals surface area (Å²) in [7, 11) is 0. The van der Waals surface area contributed by atoms with Crippen LogP contribution in [-0.2, 0) is 0 Å². The number of nitro groups is 2. The van der Waals surface area contributed by atoms with Crippen molar-refractivity contribution < 1.29 is 19.4 Å². The number of rotatable bonds is 3. The molecule has 0 unspecified atom stereocenters. The SMILES string of the molecule is Cc1ccc([N+](=O)[O-])cc1N1C(=O)c2ccc([N+](=O)[O-])cc2C1=O. The lowest BCUT2D eigenvalue weighted by Crippen LogP contribution is -2.30. The van der Waals surface area contributed by atoms with E-state index in [1.807, 2.05) is 0 Å². The highest BCUT2D eigenvalue weighted by molar-refractivity contribution is 6.34. The molecule has 2 amide bonds. The van der Waals surface area contributed by atoms with Crippen LogP contribution in [0.3, 0.4) is 0 Å². The fourth-order valence-corrected chi connectivity index (χ4v) is 2.51. The Bertz CT molecular complexity index is 937. The van der Waals surface area contributed by atoms with Gasteiger partial charge in [0.05, 0.1) is 26.7 Å². The van der Waals surface area contributed by atoms with Crippen molar-refractivity contribution in [3.05, 3.63) is 73.3 Å². The molecule has 1 aliphatic rings. The predicted molar refractivity (Wildman–Crippen MR) is 82.1 cm³/mol. The predicted octanol–water partition coefficient (Wildman–Crippen LogP) is 2.61. The maximum atomic E-state index is 12.5. The number of hydrogen-bond acceptors (Lipinski definition) is 6. The smallest absolute Gasteiger partial charge is 0.268 e. The van der Waals surface area contributed by atoms with Gasteiger partial charge in [-0.1, -0.05) is 6.07 Å². The largest absolute Gasteiger partial charge is 0.271 e. The van der Waals surface area contributed by atoms with Gasteiger partial charge in [0, 0.05) is 24.3 Å². The van der Waals surface area contributed by atoms with Crippen molar-refractivity contribution in [2.45, 2.75) is 6.92 Å². The molecule has 9 nitrogen and oxygen atoms in total. The number of benzene rings is 2. The summed E-state index contributed by atoms with van der Waals surface area (Å²) in [5.74, 6) is -1.42. The zero-order chi connectivity index (χ0) is 17.6. The van der Waals surface area contributed by atoms with Crippen molar-refractivity contribution in [2.24, 2.45) is 0 Å². The van der Waals surface area contributed by atoms with Gasteiger partial charge in [-0.25, -0.2) is 4.90 Å². The lowest BCUT2D eigenvalue weighted by atomic mass is 10.1. The molecule has 0 bridgehead atoms. The number of anilines is 1. The van der Waals surface area contributed by atoms with Crippen molar-refractivity contribution in [3.8, 4) is 0 Å². The normalized spacial score (nSPS) is 13.1. The molecular weight excluding hydrogens is 318 g/mol. The number of aryl methyl sites for hydroxylation is 1. The van der Waals surface area contributed by atoms with Crippen LogP contribution in [0, 0.1) is 27.2 Å². The third-order valence-corrected chi connectivity index (χ3v) is 3.73. The van der Waals surface area contributed by atoms with Crippen LogP contribution in [0.2, 0.25) is 0 Å². The fraction of sp³-hybridized carbons (Fsp3) is 0.0667. The summed E-state index contributed by atoms with van der Waals surface area (Å²) in [5.41, 5.74) is -0.0788. The van der Waals surface area contributed by atoms with Gasteiger partial charge in [0.2, 0.25) is 0 Å². The summed E-state index contributed by atoms with van der Waals surface area (Å²) in [6.07, 6.45) is 0. The van der Waals surface area contributed by atoms with E-state index in [9.17, 15) is 29.8 Å². The number of imide groups is 1. The molecule has 2 aromatic carbocycles. The number of nitrogens with zero attached hydrogens (tertiary/aromatic N) is 3. The van der Waals surface area contributed by atoms with E-state index in [2.05, 4.69) is 0 Å². The van der Waals surface area contributed by atoms with E-state index >= 15 is 0 Å². The second-order valence-corrected chi connectivity index (χ2v) is 5.16. The summed E-state index contributed by atoms with van der Waals surface area (Å²) < 4.78 is 0. The van der Waals surface area contributed by atoms with Crippen LogP contribution in [0.5, 0.6) is 0 Å². The average Bonchev–Trinajstić information content (AvgIpc) is 2.79. The molecule has 2 aromatic rings. The van der Waals surface area contributed by atoms with Gasteiger partial charge in [-0.2, -0.15) is 0 Å². The fourth-order valence-electron chi connectivity index (χ4n) is 2.51. The van der Waals surface area contributed by atoms with E-state index in [4.69, 9.17) is 0 Å². The Morgan fingerprint density at radius 2 is 1.38 bits per heavy atom. The minimum Gasteiger partial charge on any atom is -0.268 e. The van der Waals surface area contributed by atoms with Crippen molar-refractivity contribution in [1.82, 2.24) is 0 Å². The van der Waals surface area contributed by atoms with E-state index in [1.54, 1.807) is 6.92 Å². The minimum atomic E-state index is -0.748. The van der Waals surface area contributed by atoms with Crippen molar-refractivity contribution >= 4 is 28.9 Å². The zero-order valence-electron chi connectivity index (χ0n) is 12.3. The van der Waals surface area contributed by atoms with E-state index in [0.29, 0.717) is 5.56 Å². The number of hydrogen-bond donors (Lipinski definition) is 0. The second kappa shape index (κ2) is 5.23. The van der Waals surface area contributed by atoms with E-state index in [1.165, 1.54) is 18.2 Å². The first kappa shape index (κ1) is 15.3. The minimum absolute atomic E-state index is 0.0245. The molecule has 3 rings (SSSR count). The van der Waals surface area contributed by atoms with Crippen LogP contribution < -0.4 is 4.90 Å². The van der Waals surface area contributed by atoms with Crippen molar-refractivity contribution in [1.29, 1.82) is 0 Å². The molecule has 0 spiro atoms. The summed E-state index contributed by atoms with van der Waals surface area (Å²) >= 11 is 0. The number of carbonyl (C=O) groups excluding carboxylic acids is 2. The van der Waals surface area contributed by atoms with Crippen LogP contribution in [0.15, 0.2) is 36.4 Å². The first-order valence-electron chi connectivity index (χ1n) is 6.73. The first-order chi connectivity index (χ1) is 11.3. The topological polar surface area (TPSA) is 124 Å². The van der Waals surface area contributed by atoms with Gasteiger partial charge in [-0.05, 0) is 18.6 Å². The van der Waals surface area contributed by atoms with Gasteiger partial charge >= 0.3 is 0 Å². The molecule has 9 heteroatoms. The molecule has 1 aliphatic heterocycles. The highest BCUT2D eigenvalue weighted by Crippen LogP contribution is 2.34. The molecular formula is C15H9N3O6. The highest BCUT2D eigenvalue weighted by Gasteiger charge is 2.39. The lowest BCUT2D eigenvalue weighted by molar-refractivity contribution is -0.385. The third-order valence-electron chi connectivity index (χ3n) is 3.73. The molecule has 0 aliphatic carbocycles. The van der Waals surface area contributed by atoms with Gasteiger partial charge in [-0.15, -0.1) is 0 Å². The van der Waals surface area contributed by atoms with Crippen LogP contribution in [0.4, 0.5) is 17.1 Å². The molecule has 24 heavy (non-hydrogen) atoms. The Kier molecular flexibility index (Phi) is 3.33. The molecule has 1 heterocycles. The summed E-state index contributed by atoms with van der Waals surface area (Å²) in [6.45, 7) is 1.60. The first-order valence-corrected chi connectivity index (χ1v) is 6.73. The second-order valence-electron chi connectivity index (χ2n) is 5.16. The average molecular weight is 327 g/mol. The Hall–Kier alpha value is -3.62. The van der Waals surface area contributed by atoms with Gasteiger partial charge in [0.25, 0.3) is 23.2 Å². The van der Waals surface area contributed by atoms with Gasteiger partial charge in [-0.3, -0.25) is 29.8 Å². The van der Waals surface area contributed by atoms with Gasteiger partial charge < -0.3 is 0 Å². The monoisotopic (exact) mass is 327 g/mol. The molecule has 120 valence electrons. The van der Waals surface area contributed by atoms with E-state index in [0.717, 1.165) is 23.1 Å². The Morgan fingerprint density at radius 3 is 2.00 bits per heavy atom. The van der Waals surface area contributed by atoms with Crippen molar-refractivity contribution in [3.63, 3.8) is 0 Å². The quantitative estimate of drug-likeness (QED) is 0.485. The lowest BCUT2D eigenvalue weighted by Gasteiger charge is -2.16. The Labute approximate surface area is 134 Å². The number of fused-ring (bicyclic) bond motifs is 1. The summed E-state index contributed by atoms with van der Waals surface area (Å²) in [6, 6.07) is 7.20. The van der Waals surface area contributed by atoms with Crippen molar-refractivity contribution in [2.75, 3.05) is 4.90 Å². The van der Waals surface area contributed by atoms with Crippen LogP contribution in [-0.4, -0.2) is 21.7 Å². The molecule has 0 aromatic heterocycles. The van der Waals surface area contributed by atoms with E-state index < -0.39 is 21.7 Å². The van der Waals surface area contributed by atoms with Gasteiger partial charge in [0.1, 0.15) is 0 Å². The summed E-state index contributed by atoms with van der Waals surface area (Å²) in [5, 5.41) is 21.8. The maximum absolute atomic E-state index is 12.5. The molecule has 0 fully saturated rings. The number of non-ortho nitro benzene ring substituents is 2. The van der Waals surface area contributed by atoms with E-state index in [-0.39, 0.29) is 28.2 Å². The van der Waals surface area contributed by atoms with Crippen LogP contribution in [0.1, 0.15) is 26.3 Å². The highest BCUT2D eigenvalue weighted by atomic mass is 16.6. The number of carbonyl (C=O) groups is 2. The third kappa shape index (κ3) is 2.19. The molecule has 0 saturated heterocycles.